The number of benzene rings is 1. The third kappa shape index (κ3) is 2.83. The first-order valence-corrected chi connectivity index (χ1v) is 6.32. The lowest BCUT2D eigenvalue weighted by Gasteiger charge is -2.03. The number of carbonyl (C=O) groups is 1. The van der Waals surface area contributed by atoms with E-state index in [0.29, 0.717) is 10.0 Å². The van der Waals surface area contributed by atoms with E-state index < -0.39 is 11.8 Å². The summed E-state index contributed by atoms with van der Waals surface area (Å²) in [6, 6.07) is 5.10. The van der Waals surface area contributed by atoms with Gasteiger partial charge in [-0.15, -0.1) is 0 Å². The van der Waals surface area contributed by atoms with Crippen LogP contribution in [0.3, 0.4) is 0 Å². The van der Waals surface area contributed by atoms with Crippen LogP contribution in [0.1, 0.15) is 11.5 Å². The minimum Gasteiger partial charge on any atom is -0.380 e. The van der Waals surface area contributed by atoms with E-state index in [1.165, 1.54) is 7.11 Å². The summed E-state index contributed by atoms with van der Waals surface area (Å²) in [5, 5.41) is 1.09. The maximum Gasteiger partial charge on any atom is 0.255 e. The maximum absolute atomic E-state index is 11.9. The van der Waals surface area contributed by atoms with Crippen molar-refractivity contribution >= 4 is 35.1 Å². The molecule has 1 saturated carbocycles. The van der Waals surface area contributed by atoms with Crippen molar-refractivity contribution in [2.24, 2.45) is 22.4 Å². The van der Waals surface area contributed by atoms with E-state index in [4.69, 9.17) is 39.4 Å². The number of aliphatic imine (C=N–C) groups is 1. The average Bonchev–Trinajstić information content (AvgIpc) is 3.05. The number of nitrogens with two attached hydrogens (primary N) is 2. The minimum absolute atomic E-state index is 0.174. The fraction of sp³-hybridized carbons (Fsp3) is 0.333. The Morgan fingerprint density at radius 1 is 1.37 bits per heavy atom. The van der Waals surface area contributed by atoms with Crippen LogP contribution < -0.4 is 11.5 Å². The molecule has 1 aromatic rings. The minimum atomic E-state index is -0.428. The Morgan fingerprint density at radius 2 is 2.05 bits per heavy atom. The van der Waals surface area contributed by atoms with E-state index in [9.17, 15) is 4.79 Å². The van der Waals surface area contributed by atoms with E-state index in [0.717, 1.165) is 5.56 Å². The van der Waals surface area contributed by atoms with Gasteiger partial charge in [0.05, 0.1) is 12.0 Å². The first-order valence-electron chi connectivity index (χ1n) is 5.57. The van der Waals surface area contributed by atoms with Gasteiger partial charge in [0.1, 0.15) is 0 Å². The molecule has 0 bridgehead atoms. The first-order chi connectivity index (χ1) is 8.95. The van der Waals surface area contributed by atoms with Crippen molar-refractivity contribution in [3.05, 3.63) is 33.8 Å². The van der Waals surface area contributed by atoms with E-state index in [1.54, 1.807) is 18.2 Å². The zero-order chi connectivity index (χ0) is 14.2. The molecule has 0 radical (unpaired) electrons. The lowest BCUT2D eigenvalue weighted by Crippen LogP contribution is -2.25. The number of amides is 1. The number of carbonyl (C=O) groups excluding carboxylic acids is 1. The van der Waals surface area contributed by atoms with Gasteiger partial charge in [-0.05, 0) is 23.8 Å². The molecule has 19 heavy (non-hydrogen) atoms. The second-order valence-electron chi connectivity index (χ2n) is 4.29. The molecule has 1 aliphatic carbocycles. The van der Waals surface area contributed by atoms with Crippen molar-refractivity contribution in [3.8, 4) is 0 Å². The van der Waals surface area contributed by atoms with Crippen molar-refractivity contribution < 1.29 is 9.53 Å². The number of rotatable bonds is 3. The third-order valence-electron chi connectivity index (χ3n) is 3.07. The molecule has 1 aliphatic rings. The highest BCUT2D eigenvalue weighted by atomic mass is 35.5. The summed E-state index contributed by atoms with van der Waals surface area (Å²) in [4.78, 5) is 15.4. The van der Waals surface area contributed by atoms with Gasteiger partial charge in [-0.1, -0.05) is 23.2 Å². The predicted octanol–water partition coefficient (Wildman–Crippen LogP) is 1.52. The molecule has 3 atom stereocenters. The Bertz CT molecular complexity index is 544. The molecular formula is C12H13Cl2N3O2. The number of hydrogen-bond acceptors (Lipinski definition) is 2. The lowest BCUT2D eigenvalue weighted by atomic mass is 10.1. The maximum atomic E-state index is 11.9. The highest BCUT2D eigenvalue weighted by molar-refractivity contribution is 6.33. The zero-order valence-electron chi connectivity index (χ0n) is 10.1. The number of nitrogens with zero attached hydrogens (tertiary/aromatic N) is 1. The molecule has 1 aromatic carbocycles. The SMILES string of the molecule is CO[C@@H]1[C@H](C(=O)N=C(N)N)[C@H]1c1cc(Cl)ccc1Cl. The third-order valence-corrected chi connectivity index (χ3v) is 3.65. The summed E-state index contributed by atoms with van der Waals surface area (Å²) in [6.07, 6.45) is -0.286. The summed E-state index contributed by atoms with van der Waals surface area (Å²) in [5.41, 5.74) is 11.2. The number of hydrogen-bond donors (Lipinski definition) is 2. The summed E-state index contributed by atoms with van der Waals surface area (Å²) >= 11 is 12.1. The number of halogens is 2. The average molecular weight is 302 g/mol. The van der Waals surface area contributed by atoms with Gasteiger partial charge in [0.25, 0.3) is 5.91 Å². The second kappa shape index (κ2) is 5.36. The monoisotopic (exact) mass is 301 g/mol. The fourth-order valence-electron chi connectivity index (χ4n) is 2.21. The quantitative estimate of drug-likeness (QED) is 0.654. The first kappa shape index (κ1) is 14.1. The fourth-order valence-corrected chi connectivity index (χ4v) is 2.64. The van der Waals surface area contributed by atoms with E-state index in [1.807, 2.05) is 0 Å². The summed E-state index contributed by atoms with van der Waals surface area (Å²) in [5.74, 6) is -1.27. The molecule has 0 saturated heterocycles. The van der Waals surface area contributed by atoms with Crippen LogP contribution in [0.4, 0.5) is 0 Å². The van der Waals surface area contributed by atoms with Crippen LogP contribution in [-0.4, -0.2) is 25.1 Å². The number of ether oxygens (including phenoxy) is 1. The molecule has 0 aromatic heterocycles. The molecule has 0 heterocycles. The van der Waals surface area contributed by atoms with Crippen LogP contribution in [0, 0.1) is 5.92 Å². The van der Waals surface area contributed by atoms with Crippen molar-refractivity contribution in [1.82, 2.24) is 0 Å². The van der Waals surface area contributed by atoms with Gasteiger partial charge in [0.15, 0.2) is 5.96 Å². The lowest BCUT2D eigenvalue weighted by molar-refractivity contribution is -0.119. The molecule has 1 fully saturated rings. The van der Waals surface area contributed by atoms with E-state index in [2.05, 4.69) is 4.99 Å². The highest BCUT2D eigenvalue weighted by Gasteiger charge is 2.57. The van der Waals surface area contributed by atoms with Crippen LogP contribution >= 0.6 is 23.2 Å². The highest BCUT2D eigenvalue weighted by Crippen LogP contribution is 2.52. The number of methoxy groups -OCH3 is 1. The Balaban J connectivity index is 2.28. The van der Waals surface area contributed by atoms with Crippen molar-refractivity contribution in [2.45, 2.75) is 12.0 Å². The molecule has 0 unspecified atom stereocenters. The summed E-state index contributed by atoms with van der Waals surface area (Å²) < 4.78 is 5.26. The van der Waals surface area contributed by atoms with Gasteiger partial charge < -0.3 is 16.2 Å². The van der Waals surface area contributed by atoms with Crippen LogP contribution in [0.25, 0.3) is 0 Å². The van der Waals surface area contributed by atoms with E-state index in [-0.39, 0.29) is 18.0 Å². The Hall–Kier alpha value is -1.30. The van der Waals surface area contributed by atoms with Gasteiger partial charge >= 0.3 is 0 Å². The van der Waals surface area contributed by atoms with Crippen LogP contribution in [0.15, 0.2) is 23.2 Å². The standard InChI is InChI=1S/C12H13Cl2N3O2/c1-19-10-8(9(10)11(18)17-12(15)16)6-4-5(13)2-3-7(6)14/h2-4,8-10H,1H3,(H4,15,16,17,18)/t8-,9-,10+/m1/s1. The predicted molar refractivity (Wildman–Crippen MR) is 74.3 cm³/mol. The smallest absolute Gasteiger partial charge is 0.255 e. The van der Waals surface area contributed by atoms with Crippen molar-refractivity contribution in [1.29, 1.82) is 0 Å². The zero-order valence-corrected chi connectivity index (χ0v) is 11.7. The van der Waals surface area contributed by atoms with Crippen LogP contribution in [0.2, 0.25) is 10.0 Å². The normalized spacial score (nSPS) is 24.9. The number of guanidine groups is 1. The Kier molecular flexibility index (Phi) is 3.99. The molecule has 5 nitrogen and oxygen atoms in total. The van der Waals surface area contributed by atoms with Crippen molar-refractivity contribution in [3.63, 3.8) is 0 Å². The van der Waals surface area contributed by atoms with Gasteiger partial charge in [-0.25, -0.2) is 0 Å². The molecule has 0 aliphatic heterocycles. The largest absolute Gasteiger partial charge is 0.380 e. The van der Waals surface area contributed by atoms with Gasteiger partial charge in [-0.2, -0.15) is 4.99 Å². The van der Waals surface area contributed by atoms with Crippen LogP contribution in [0.5, 0.6) is 0 Å². The molecule has 1 amide bonds. The van der Waals surface area contributed by atoms with Gasteiger partial charge in [0.2, 0.25) is 0 Å². The molecule has 102 valence electrons. The van der Waals surface area contributed by atoms with Crippen molar-refractivity contribution in [2.75, 3.05) is 7.11 Å². The molecular weight excluding hydrogens is 289 g/mol. The van der Waals surface area contributed by atoms with E-state index >= 15 is 0 Å². The molecule has 7 heteroatoms. The van der Waals surface area contributed by atoms with Crippen LogP contribution in [-0.2, 0) is 9.53 Å². The Morgan fingerprint density at radius 3 is 2.63 bits per heavy atom. The molecule has 4 N–H and O–H groups in total. The second-order valence-corrected chi connectivity index (χ2v) is 5.14. The van der Waals surface area contributed by atoms with Gasteiger partial charge in [0, 0.05) is 23.1 Å². The van der Waals surface area contributed by atoms with Gasteiger partial charge in [-0.3, -0.25) is 4.79 Å². The molecule has 0 spiro atoms. The topological polar surface area (TPSA) is 90.7 Å². The Labute approximate surface area is 120 Å². The summed E-state index contributed by atoms with van der Waals surface area (Å²) in [7, 11) is 1.53. The summed E-state index contributed by atoms with van der Waals surface area (Å²) in [6.45, 7) is 0. The molecule has 2 rings (SSSR count).